The van der Waals surface area contributed by atoms with Gasteiger partial charge in [-0.05, 0) is 19.8 Å². The van der Waals surface area contributed by atoms with Gasteiger partial charge >= 0.3 is 6.01 Å². The summed E-state index contributed by atoms with van der Waals surface area (Å²) in [7, 11) is 0. The molecule has 2 heterocycles. The van der Waals surface area contributed by atoms with Gasteiger partial charge in [-0.15, -0.1) is 0 Å². The van der Waals surface area contributed by atoms with E-state index in [1.807, 2.05) is 11.8 Å². The number of hydrogen-bond acceptors (Lipinski definition) is 7. The number of hydrogen-bond donors (Lipinski definition) is 2. The van der Waals surface area contributed by atoms with Gasteiger partial charge in [0.15, 0.2) is 0 Å². The summed E-state index contributed by atoms with van der Waals surface area (Å²) in [5.74, 6) is 0.691. The van der Waals surface area contributed by atoms with E-state index in [0.717, 1.165) is 25.9 Å². The van der Waals surface area contributed by atoms with Gasteiger partial charge in [0.05, 0.1) is 6.61 Å². The van der Waals surface area contributed by atoms with Gasteiger partial charge in [0.25, 0.3) is 0 Å². The van der Waals surface area contributed by atoms with E-state index in [2.05, 4.69) is 20.3 Å². The Labute approximate surface area is 117 Å². The molecule has 0 bridgehead atoms. The fraction of sp³-hybridized carbons (Fsp3) is 0.667. The molecule has 1 fully saturated rings. The molecule has 1 amide bonds. The molecule has 3 N–H and O–H groups in total. The summed E-state index contributed by atoms with van der Waals surface area (Å²) in [6, 6.07) is 0.466. The lowest BCUT2D eigenvalue weighted by Crippen LogP contribution is -2.44. The van der Waals surface area contributed by atoms with Crippen LogP contribution in [0.25, 0.3) is 0 Å². The monoisotopic (exact) mass is 280 g/mol. The number of amides is 1. The molecule has 1 aliphatic heterocycles. The van der Waals surface area contributed by atoms with Crippen LogP contribution in [0.5, 0.6) is 6.01 Å². The fourth-order valence-electron chi connectivity index (χ4n) is 2.21. The van der Waals surface area contributed by atoms with Crippen molar-refractivity contribution in [2.45, 2.75) is 32.7 Å². The summed E-state index contributed by atoms with van der Waals surface area (Å²) < 4.78 is 5.27. The van der Waals surface area contributed by atoms with Crippen LogP contribution in [0, 0.1) is 0 Å². The number of anilines is 2. The van der Waals surface area contributed by atoms with Crippen LogP contribution in [0.1, 0.15) is 26.7 Å². The highest BCUT2D eigenvalue weighted by Crippen LogP contribution is 2.18. The number of carbonyl (C=O) groups is 1. The second kappa shape index (κ2) is 6.36. The van der Waals surface area contributed by atoms with Crippen molar-refractivity contribution in [3.8, 4) is 6.01 Å². The van der Waals surface area contributed by atoms with E-state index in [1.54, 1.807) is 0 Å². The van der Waals surface area contributed by atoms with Crippen molar-refractivity contribution in [1.82, 2.24) is 20.3 Å². The Morgan fingerprint density at radius 1 is 1.40 bits per heavy atom. The van der Waals surface area contributed by atoms with Crippen molar-refractivity contribution in [1.29, 1.82) is 0 Å². The largest absolute Gasteiger partial charge is 0.464 e. The van der Waals surface area contributed by atoms with Crippen molar-refractivity contribution in [2.24, 2.45) is 0 Å². The highest BCUT2D eigenvalue weighted by Gasteiger charge is 2.22. The summed E-state index contributed by atoms with van der Waals surface area (Å²) >= 11 is 0. The minimum absolute atomic E-state index is 0.00601. The van der Waals surface area contributed by atoms with Gasteiger partial charge in [-0.25, -0.2) is 0 Å². The third-order valence-electron chi connectivity index (χ3n) is 3.08. The van der Waals surface area contributed by atoms with Crippen LogP contribution in [-0.2, 0) is 4.79 Å². The lowest BCUT2D eigenvalue weighted by atomic mass is 10.1. The molecule has 0 saturated carbocycles. The van der Waals surface area contributed by atoms with Crippen LogP contribution in [0.4, 0.5) is 11.9 Å². The molecule has 0 spiro atoms. The van der Waals surface area contributed by atoms with Gasteiger partial charge in [0.1, 0.15) is 0 Å². The third-order valence-corrected chi connectivity index (χ3v) is 3.08. The molecule has 2 rings (SSSR count). The maximum Gasteiger partial charge on any atom is 0.323 e. The normalized spacial score (nSPS) is 16.0. The van der Waals surface area contributed by atoms with E-state index in [9.17, 15) is 4.79 Å². The Morgan fingerprint density at radius 3 is 2.70 bits per heavy atom. The van der Waals surface area contributed by atoms with E-state index < -0.39 is 0 Å². The zero-order valence-corrected chi connectivity index (χ0v) is 11.8. The van der Waals surface area contributed by atoms with Gasteiger partial charge in [0, 0.05) is 26.1 Å². The summed E-state index contributed by atoms with van der Waals surface area (Å²) in [6.07, 6.45) is 1.71. The predicted molar refractivity (Wildman–Crippen MR) is 74.5 cm³/mol. The van der Waals surface area contributed by atoms with E-state index in [1.165, 1.54) is 6.92 Å². The van der Waals surface area contributed by atoms with Crippen molar-refractivity contribution in [3.05, 3.63) is 0 Å². The number of nitrogens with zero attached hydrogens (tertiary/aromatic N) is 4. The first-order valence-electron chi connectivity index (χ1n) is 6.75. The lowest BCUT2D eigenvalue weighted by molar-refractivity contribution is -0.119. The molecule has 8 heteroatoms. The number of nitrogen functional groups attached to an aromatic ring is 1. The van der Waals surface area contributed by atoms with Crippen molar-refractivity contribution in [2.75, 3.05) is 30.3 Å². The molecule has 0 unspecified atom stereocenters. The summed E-state index contributed by atoms with van der Waals surface area (Å²) in [5.41, 5.74) is 5.66. The topological polar surface area (TPSA) is 106 Å². The van der Waals surface area contributed by atoms with Crippen molar-refractivity contribution >= 4 is 17.8 Å². The number of nitrogens with one attached hydrogen (secondary N) is 1. The molecule has 1 aromatic rings. The van der Waals surface area contributed by atoms with E-state index in [4.69, 9.17) is 10.5 Å². The SMILES string of the molecule is CCOc1nc(N)nc(N2CCC(NC(C)=O)CC2)n1. The maximum atomic E-state index is 11.0. The van der Waals surface area contributed by atoms with Crippen LogP contribution in [0.15, 0.2) is 0 Å². The highest BCUT2D eigenvalue weighted by atomic mass is 16.5. The molecule has 1 aliphatic rings. The van der Waals surface area contributed by atoms with Gasteiger partial charge in [-0.2, -0.15) is 15.0 Å². The van der Waals surface area contributed by atoms with Crippen LogP contribution in [0.3, 0.4) is 0 Å². The summed E-state index contributed by atoms with van der Waals surface area (Å²) in [4.78, 5) is 25.4. The van der Waals surface area contributed by atoms with Crippen LogP contribution < -0.4 is 20.7 Å². The van der Waals surface area contributed by atoms with E-state index in [-0.39, 0.29) is 23.9 Å². The predicted octanol–water partition coefficient (Wildman–Crippen LogP) is -0.0426. The van der Waals surface area contributed by atoms with Crippen LogP contribution in [-0.4, -0.2) is 46.6 Å². The standard InChI is InChI=1S/C12H20N6O2/c1-3-20-12-16-10(13)15-11(17-12)18-6-4-9(5-7-18)14-8(2)19/h9H,3-7H2,1-2H3,(H,14,19)(H2,13,15,16,17). The molecule has 1 aromatic heterocycles. The number of aromatic nitrogens is 3. The lowest BCUT2D eigenvalue weighted by Gasteiger charge is -2.32. The second-order valence-corrected chi connectivity index (χ2v) is 4.67. The van der Waals surface area contributed by atoms with Crippen molar-refractivity contribution in [3.63, 3.8) is 0 Å². The summed E-state index contributed by atoms with van der Waals surface area (Å²) in [5, 5.41) is 2.93. The fourth-order valence-corrected chi connectivity index (χ4v) is 2.21. The number of nitrogens with two attached hydrogens (primary N) is 1. The van der Waals surface area contributed by atoms with E-state index in [0.29, 0.717) is 12.6 Å². The minimum Gasteiger partial charge on any atom is -0.464 e. The molecular formula is C12H20N6O2. The molecule has 1 saturated heterocycles. The first-order valence-corrected chi connectivity index (χ1v) is 6.75. The Kier molecular flexibility index (Phi) is 4.54. The number of carbonyl (C=O) groups excluding carboxylic acids is 1. The van der Waals surface area contributed by atoms with Crippen LogP contribution in [0.2, 0.25) is 0 Å². The zero-order valence-electron chi connectivity index (χ0n) is 11.8. The first-order chi connectivity index (χ1) is 9.58. The molecule has 0 aromatic carbocycles. The minimum atomic E-state index is 0.00601. The number of piperidine rings is 1. The number of rotatable bonds is 4. The molecular weight excluding hydrogens is 260 g/mol. The van der Waals surface area contributed by atoms with Crippen molar-refractivity contribution < 1.29 is 9.53 Å². The molecule has 0 aliphatic carbocycles. The number of ether oxygens (including phenoxy) is 1. The van der Waals surface area contributed by atoms with Crippen LogP contribution >= 0.6 is 0 Å². The van der Waals surface area contributed by atoms with Gasteiger partial charge in [0.2, 0.25) is 17.8 Å². The average Bonchev–Trinajstić information content (AvgIpc) is 2.38. The highest BCUT2D eigenvalue weighted by molar-refractivity contribution is 5.73. The maximum absolute atomic E-state index is 11.0. The Morgan fingerprint density at radius 2 is 2.10 bits per heavy atom. The Balaban J connectivity index is 2.01. The molecule has 0 radical (unpaired) electrons. The quantitative estimate of drug-likeness (QED) is 0.796. The van der Waals surface area contributed by atoms with Gasteiger partial charge < -0.3 is 20.7 Å². The molecule has 8 nitrogen and oxygen atoms in total. The smallest absolute Gasteiger partial charge is 0.323 e. The Bertz CT molecular complexity index is 473. The molecule has 110 valence electrons. The Hall–Kier alpha value is -2.12. The zero-order chi connectivity index (χ0) is 14.5. The summed E-state index contributed by atoms with van der Waals surface area (Å²) in [6.45, 7) is 5.40. The average molecular weight is 280 g/mol. The second-order valence-electron chi connectivity index (χ2n) is 4.67. The van der Waals surface area contributed by atoms with E-state index >= 15 is 0 Å². The van der Waals surface area contributed by atoms with Gasteiger partial charge in [-0.1, -0.05) is 0 Å². The molecule has 0 atom stereocenters. The third kappa shape index (κ3) is 3.69. The first kappa shape index (κ1) is 14.3. The van der Waals surface area contributed by atoms with Gasteiger partial charge in [-0.3, -0.25) is 4.79 Å². The molecule has 20 heavy (non-hydrogen) atoms.